The van der Waals surface area contributed by atoms with Crippen LogP contribution in [-0.2, 0) is 9.53 Å². The molecule has 0 saturated carbocycles. The zero-order valence-corrected chi connectivity index (χ0v) is 19.1. The van der Waals surface area contributed by atoms with E-state index in [4.69, 9.17) is 13.9 Å². The zero-order chi connectivity index (χ0) is 24.5. The number of carbonyl (C=O) groups excluding carboxylic acids is 2. The molecule has 7 nitrogen and oxygen atoms in total. The van der Waals surface area contributed by atoms with Crippen LogP contribution < -0.4 is 10.2 Å². The van der Waals surface area contributed by atoms with Crippen molar-refractivity contribution in [3.05, 3.63) is 102 Å². The molecule has 0 fully saturated rings. The molecule has 0 aliphatic rings. The molecule has 0 spiro atoms. The van der Waals surface area contributed by atoms with Crippen molar-refractivity contribution in [1.29, 1.82) is 0 Å². The first-order valence-corrected chi connectivity index (χ1v) is 11.1. The van der Waals surface area contributed by atoms with Crippen LogP contribution >= 0.6 is 0 Å². The number of hydrogen-bond acceptors (Lipinski definition) is 6. The van der Waals surface area contributed by atoms with Crippen LogP contribution in [0.4, 0.5) is 0 Å². The zero-order valence-electron chi connectivity index (χ0n) is 19.1. The number of nitrogens with zero attached hydrogens (tertiary/aromatic N) is 1. The van der Waals surface area contributed by atoms with Gasteiger partial charge in [0.1, 0.15) is 17.3 Å². The van der Waals surface area contributed by atoms with E-state index in [1.54, 1.807) is 43.3 Å². The van der Waals surface area contributed by atoms with E-state index < -0.39 is 5.91 Å². The Morgan fingerprint density at radius 2 is 1.54 bits per heavy atom. The number of hydrogen-bond donors (Lipinski definition) is 1. The van der Waals surface area contributed by atoms with E-state index in [0.29, 0.717) is 29.4 Å². The maximum atomic E-state index is 12.0. The highest BCUT2D eigenvalue weighted by Gasteiger charge is 2.09. The Labute approximate surface area is 203 Å². The predicted octanol–water partition coefficient (Wildman–Crippen LogP) is 5.32. The topological polar surface area (TPSA) is 90.1 Å². The van der Waals surface area contributed by atoms with Crippen molar-refractivity contribution in [3.8, 4) is 28.2 Å². The molecule has 4 aromatic rings. The molecule has 4 rings (SSSR count). The normalized spacial score (nSPS) is 10.8. The van der Waals surface area contributed by atoms with Gasteiger partial charge in [0, 0.05) is 5.56 Å². The number of nitrogens with one attached hydrogen (secondary N) is 1. The van der Waals surface area contributed by atoms with Gasteiger partial charge >= 0.3 is 5.97 Å². The minimum Gasteiger partial charge on any atom is -0.484 e. The number of benzene rings is 3. The van der Waals surface area contributed by atoms with Crippen molar-refractivity contribution in [2.75, 3.05) is 13.2 Å². The number of hydrazone groups is 1. The third-order valence-corrected chi connectivity index (χ3v) is 5.02. The van der Waals surface area contributed by atoms with Crippen LogP contribution in [0.15, 0.2) is 101 Å². The second-order valence-electron chi connectivity index (χ2n) is 7.47. The summed E-state index contributed by atoms with van der Waals surface area (Å²) in [6, 6.07) is 28.0. The maximum absolute atomic E-state index is 12.0. The van der Waals surface area contributed by atoms with E-state index in [2.05, 4.69) is 10.5 Å². The van der Waals surface area contributed by atoms with E-state index >= 15 is 0 Å². The van der Waals surface area contributed by atoms with E-state index in [1.165, 1.54) is 6.21 Å². The predicted molar refractivity (Wildman–Crippen MR) is 133 cm³/mol. The number of ether oxygens (including phenoxy) is 2. The molecule has 176 valence electrons. The lowest BCUT2D eigenvalue weighted by molar-refractivity contribution is -0.123. The molecule has 7 heteroatoms. The molecule has 1 heterocycles. The van der Waals surface area contributed by atoms with Gasteiger partial charge in [-0.15, -0.1) is 0 Å². The molecule has 0 atom stereocenters. The first-order chi connectivity index (χ1) is 17.1. The van der Waals surface area contributed by atoms with Gasteiger partial charge in [-0.05, 0) is 54.4 Å². The molecular weight excluding hydrogens is 444 g/mol. The molecule has 0 saturated heterocycles. The summed E-state index contributed by atoms with van der Waals surface area (Å²) in [5.41, 5.74) is 5.87. The van der Waals surface area contributed by atoms with Crippen molar-refractivity contribution in [2.45, 2.75) is 6.92 Å². The Hall–Kier alpha value is -4.65. The number of esters is 1. The molecule has 0 unspecified atom stereocenters. The van der Waals surface area contributed by atoms with Crippen molar-refractivity contribution in [2.24, 2.45) is 5.10 Å². The van der Waals surface area contributed by atoms with Crippen LogP contribution in [0.1, 0.15) is 23.0 Å². The Morgan fingerprint density at radius 1 is 0.857 bits per heavy atom. The number of furan rings is 1. The van der Waals surface area contributed by atoms with Crippen LogP contribution in [0.3, 0.4) is 0 Å². The highest BCUT2D eigenvalue weighted by Crippen LogP contribution is 2.23. The van der Waals surface area contributed by atoms with Crippen molar-refractivity contribution < 1.29 is 23.5 Å². The standard InChI is InChI=1S/C28H24N2O5/c1-2-33-28(32)23-10-8-22(9-11-23)26-17-16-25(35-26)18-29-30-27(31)19-34-24-14-12-21(13-15-24)20-6-4-3-5-7-20/h3-18H,2,19H2,1H3,(H,30,31)/b29-18-. The van der Waals surface area contributed by atoms with E-state index in [1.807, 2.05) is 54.6 Å². The second-order valence-corrected chi connectivity index (χ2v) is 7.47. The van der Waals surface area contributed by atoms with Gasteiger partial charge in [0.2, 0.25) is 0 Å². The molecular formula is C28H24N2O5. The van der Waals surface area contributed by atoms with E-state index in [0.717, 1.165) is 16.7 Å². The third-order valence-electron chi connectivity index (χ3n) is 5.02. The fraction of sp³-hybridized carbons (Fsp3) is 0.107. The molecule has 0 radical (unpaired) electrons. The summed E-state index contributed by atoms with van der Waals surface area (Å²) in [7, 11) is 0. The SMILES string of the molecule is CCOC(=O)c1ccc(-c2ccc(/C=N\NC(=O)COc3ccc(-c4ccccc4)cc3)o2)cc1. The lowest BCUT2D eigenvalue weighted by atomic mass is 10.1. The minimum atomic E-state index is -0.394. The largest absolute Gasteiger partial charge is 0.484 e. The van der Waals surface area contributed by atoms with Crippen LogP contribution in [0, 0.1) is 0 Å². The molecule has 0 bridgehead atoms. The lowest BCUT2D eigenvalue weighted by Gasteiger charge is -2.06. The summed E-state index contributed by atoms with van der Waals surface area (Å²) >= 11 is 0. The van der Waals surface area contributed by atoms with Gasteiger partial charge in [0.05, 0.1) is 18.4 Å². The summed E-state index contributed by atoms with van der Waals surface area (Å²) in [5, 5.41) is 3.91. The summed E-state index contributed by atoms with van der Waals surface area (Å²) in [6.45, 7) is 1.92. The van der Waals surface area contributed by atoms with Gasteiger partial charge in [0.15, 0.2) is 6.61 Å². The number of carbonyl (C=O) groups is 2. The summed E-state index contributed by atoms with van der Waals surface area (Å²) < 4.78 is 16.2. The second kappa shape index (κ2) is 11.5. The van der Waals surface area contributed by atoms with Crippen molar-refractivity contribution in [3.63, 3.8) is 0 Å². The summed E-state index contributed by atoms with van der Waals surface area (Å²) in [5.74, 6) is 0.904. The lowest BCUT2D eigenvalue weighted by Crippen LogP contribution is -2.24. The molecule has 0 aliphatic heterocycles. The van der Waals surface area contributed by atoms with Gasteiger partial charge < -0.3 is 13.9 Å². The average Bonchev–Trinajstić information content (AvgIpc) is 3.37. The molecule has 1 amide bonds. The van der Waals surface area contributed by atoms with Crippen molar-refractivity contribution >= 4 is 18.1 Å². The number of amides is 1. The fourth-order valence-electron chi connectivity index (χ4n) is 3.29. The first-order valence-electron chi connectivity index (χ1n) is 11.1. The molecule has 3 aromatic carbocycles. The van der Waals surface area contributed by atoms with Gasteiger partial charge in [-0.2, -0.15) is 5.10 Å². The Balaban J connectivity index is 1.25. The average molecular weight is 469 g/mol. The fourth-order valence-corrected chi connectivity index (χ4v) is 3.29. The van der Waals surface area contributed by atoms with E-state index in [9.17, 15) is 9.59 Å². The molecule has 1 N–H and O–H groups in total. The van der Waals surface area contributed by atoms with Crippen molar-refractivity contribution in [1.82, 2.24) is 5.43 Å². The molecule has 35 heavy (non-hydrogen) atoms. The highest BCUT2D eigenvalue weighted by molar-refractivity contribution is 5.90. The maximum Gasteiger partial charge on any atom is 0.338 e. The first kappa shape index (κ1) is 23.5. The highest BCUT2D eigenvalue weighted by atomic mass is 16.5. The number of rotatable bonds is 9. The van der Waals surface area contributed by atoms with Gasteiger partial charge in [-0.3, -0.25) is 4.79 Å². The monoisotopic (exact) mass is 468 g/mol. The van der Waals surface area contributed by atoms with Crippen LogP contribution in [0.2, 0.25) is 0 Å². The van der Waals surface area contributed by atoms with Gasteiger partial charge in [-0.1, -0.05) is 54.6 Å². The third kappa shape index (κ3) is 6.45. The van der Waals surface area contributed by atoms with Crippen LogP contribution in [0.25, 0.3) is 22.5 Å². The quantitative estimate of drug-likeness (QED) is 0.204. The smallest absolute Gasteiger partial charge is 0.338 e. The van der Waals surface area contributed by atoms with E-state index in [-0.39, 0.29) is 12.6 Å². The molecule has 0 aliphatic carbocycles. The van der Waals surface area contributed by atoms with Gasteiger partial charge in [-0.25, -0.2) is 10.2 Å². The Morgan fingerprint density at radius 3 is 2.26 bits per heavy atom. The summed E-state index contributed by atoms with van der Waals surface area (Å²) in [4.78, 5) is 23.8. The molecule has 1 aromatic heterocycles. The summed E-state index contributed by atoms with van der Waals surface area (Å²) in [6.07, 6.45) is 1.41. The van der Waals surface area contributed by atoms with Crippen LogP contribution in [0.5, 0.6) is 5.75 Å². The minimum absolute atomic E-state index is 0.168. The Kier molecular flexibility index (Phi) is 7.70. The van der Waals surface area contributed by atoms with Crippen LogP contribution in [-0.4, -0.2) is 31.3 Å². The Bertz CT molecular complexity index is 1290. The van der Waals surface area contributed by atoms with Gasteiger partial charge in [0.25, 0.3) is 5.91 Å².